The summed E-state index contributed by atoms with van der Waals surface area (Å²) < 4.78 is 27.7. The maximum atomic E-state index is 12.6. The predicted octanol–water partition coefficient (Wildman–Crippen LogP) is 2.11. The molecule has 0 atom stereocenters. The van der Waals surface area contributed by atoms with Crippen molar-refractivity contribution in [3.8, 4) is 0 Å². The topological polar surface area (TPSA) is 75.7 Å². The summed E-state index contributed by atoms with van der Waals surface area (Å²) in [5.74, 6) is -0.419. The highest BCUT2D eigenvalue weighted by Gasteiger charge is 2.20. The Morgan fingerprint density at radius 2 is 1.83 bits per heavy atom. The monoisotopic (exact) mass is 348 g/mol. The third-order valence-corrected chi connectivity index (χ3v) is 5.14. The average molecular weight is 348 g/mol. The third kappa shape index (κ3) is 4.19. The Bertz CT molecular complexity index is 820. The fourth-order valence-corrected chi connectivity index (χ4v) is 3.43. The summed E-state index contributed by atoms with van der Waals surface area (Å²) in [6.07, 6.45) is 0. The summed E-state index contributed by atoms with van der Waals surface area (Å²) in [4.78, 5) is 17.1. The lowest BCUT2D eigenvalue weighted by Crippen LogP contribution is -2.27. The molecule has 2 aromatic carbocycles. The first-order valence-corrected chi connectivity index (χ1v) is 8.80. The van der Waals surface area contributed by atoms with Gasteiger partial charge in [0.25, 0.3) is 5.91 Å². The van der Waals surface area contributed by atoms with Crippen LogP contribution in [-0.2, 0) is 21.4 Å². The van der Waals surface area contributed by atoms with Crippen LogP contribution in [0.3, 0.4) is 0 Å². The Morgan fingerprint density at radius 1 is 1.17 bits per heavy atom. The molecule has 24 heavy (non-hydrogen) atoms. The zero-order valence-electron chi connectivity index (χ0n) is 13.8. The number of nitrogens with one attached hydrogen (secondary N) is 1. The normalized spacial score (nSPS) is 11.3. The zero-order chi connectivity index (χ0) is 17.7. The third-order valence-electron chi connectivity index (χ3n) is 3.59. The molecule has 7 heteroatoms. The molecule has 0 saturated carbocycles. The molecule has 0 saturated heterocycles. The molecule has 1 amide bonds. The number of aryl methyl sites for hydroxylation is 1. The van der Waals surface area contributed by atoms with Crippen LogP contribution in [-0.4, -0.2) is 33.5 Å². The van der Waals surface area contributed by atoms with Crippen LogP contribution in [0, 0.1) is 6.92 Å². The Hall–Kier alpha value is -2.22. The number of benzene rings is 2. The molecule has 0 aliphatic heterocycles. The van der Waals surface area contributed by atoms with E-state index in [0.717, 1.165) is 10.6 Å². The van der Waals surface area contributed by atoms with Crippen molar-refractivity contribution >= 4 is 15.9 Å². The molecule has 0 aromatic heterocycles. The van der Waals surface area contributed by atoms with Crippen LogP contribution in [0.2, 0.25) is 0 Å². The van der Waals surface area contributed by atoms with Crippen LogP contribution in [0.1, 0.15) is 21.5 Å². The first kappa shape index (κ1) is 18.1. The van der Waals surface area contributed by atoms with E-state index < -0.39 is 15.9 Å². The lowest BCUT2D eigenvalue weighted by Gasteiger charge is -2.15. The minimum atomic E-state index is -3.74. The second kappa shape index (κ2) is 7.57. The van der Waals surface area contributed by atoms with Gasteiger partial charge in [-0.05, 0) is 30.2 Å². The summed E-state index contributed by atoms with van der Waals surface area (Å²) in [7, 11) is -0.911. The average Bonchev–Trinajstić information content (AvgIpc) is 2.60. The SMILES string of the molecule is CON(C)C(=O)c1ccc(C)c(S(=O)(=O)NCc2ccccc2)c1. The van der Waals surface area contributed by atoms with Gasteiger partial charge in [0, 0.05) is 19.2 Å². The van der Waals surface area contributed by atoms with Crippen molar-refractivity contribution in [3.63, 3.8) is 0 Å². The fourth-order valence-electron chi connectivity index (χ4n) is 2.14. The lowest BCUT2D eigenvalue weighted by molar-refractivity contribution is -0.0757. The van der Waals surface area contributed by atoms with E-state index in [1.165, 1.54) is 20.2 Å². The van der Waals surface area contributed by atoms with Crippen LogP contribution in [0.15, 0.2) is 53.4 Å². The standard InChI is InChI=1S/C17H20N2O4S/c1-13-9-10-15(17(20)19(2)23-3)11-16(13)24(21,22)18-12-14-7-5-4-6-8-14/h4-11,18H,12H2,1-3H3. The fraction of sp³-hybridized carbons (Fsp3) is 0.235. The molecule has 1 N–H and O–H groups in total. The van der Waals surface area contributed by atoms with Gasteiger partial charge in [0.1, 0.15) is 0 Å². The summed E-state index contributed by atoms with van der Waals surface area (Å²) in [5, 5.41) is 1.04. The second-order valence-electron chi connectivity index (χ2n) is 5.28. The maximum absolute atomic E-state index is 12.6. The van der Waals surface area contributed by atoms with Gasteiger partial charge in [-0.1, -0.05) is 36.4 Å². The van der Waals surface area contributed by atoms with Gasteiger partial charge in [-0.3, -0.25) is 9.63 Å². The molecule has 0 aliphatic carbocycles. The van der Waals surface area contributed by atoms with Gasteiger partial charge in [-0.25, -0.2) is 18.2 Å². The van der Waals surface area contributed by atoms with Crippen molar-refractivity contribution in [1.29, 1.82) is 0 Å². The number of amides is 1. The van der Waals surface area contributed by atoms with Crippen LogP contribution in [0.4, 0.5) is 0 Å². The quantitative estimate of drug-likeness (QED) is 0.811. The minimum Gasteiger partial charge on any atom is -0.274 e. The van der Waals surface area contributed by atoms with E-state index in [1.807, 2.05) is 30.3 Å². The first-order chi connectivity index (χ1) is 11.3. The summed E-state index contributed by atoms with van der Waals surface area (Å²) in [6, 6.07) is 13.8. The summed E-state index contributed by atoms with van der Waals surface area (Å²) >= 11 is 0. The van der Waals surface area contributed by atoms with Crippen LogP contribution in [0.25, 0.3) is 0 Å². The van der Waals surface area contributed by atoms with E-state index in [1.54, 1.807) is 19.1 Å². The molecule has 2 aromatic rings. The number of carbonyl (C=O) groups is 1. The highest BCUT2D eigenvalue weighted by molar-refractivity contribution is 7.89. The van der Waals surface area contributed by atoms with Crippen molar-refractivity contribution in [2.45, 2.75) is 18.4 Å². The molecule has 0 bridgehead atoms. The molecule has 128 valence electrons. The van der Waals surface area contributed by atoms with Crippen molar-refractivity contribution in [2.24, 2.45) is 0 Å². The van der Waals surface area contributed by atoms with E-state index in [0.29, 0.717) is 5.56 Å². The van der Waals surface area contributed by atoms with Crippen molar-refractivity contribution in [1.82, 2.24) is 9.79 Å². The summed E-state index contributed by atoms with van der Waals surface area (Å²) in [5.41, 5.74) is 1.65. The zero-order valence-corrected chi connectivity index (χ0v) is 14.6. The molecule has 0 fully saturated rings. The molecule has 0 spiro atoms. The van der Waals surface area contributed by atoms with Gasteiger partial charge in [0.15, 0.2) is 0 Å². The largest absolute Gasteiger partial charge is 0.277 e. The van der Waals surface area contributed by atoms with E-state index >= 15 is 0 Å². The van der Waals surface area contributed by atoms with Crippen LogP contribution >= 0.6 is 0 Å². The molecule has 2 rings (SSSR count). The van der Waals surface area contributed by atoms with Gasteiger partial charge in [-0.15, -0.1) is 0 Å². The number of hydrogen-bond donors (Lipinski definition) is 1. The maximum Gasteiger partial charge on any atom is 0.277 e. The number of hydrogen-bond acceptors (Lipinski definition) is 4. The number of hydroxylamine groups is 2. The number of rotatable bonds is 6. The van der Waals surface area contributed by atoms with E-state index in [2.05, 4.69) is 4.72 Å². The van der Waals surface area contributed by atoms with Gasteiger partial charge in [0.05, 0.1) is 12.0 Å². The van der Waals surface area contributed by atoms with E-state index in [-0.39, 0.29) is 17.0 Å². The minimum absolute atomic E-state index is 0.0776. The summed E-state index contributed by atoms with van der Waals surface area (Å²) in [6.45, 7) is 1.87. The van der Waals surface area contributed by atoms with Crippen molar-refractivity contribution in [3.05, 3.63) is 65.2 Å². The van der Waals surface area contributed by atoms with Crippen LogP contribution in [0.5, 0.6) is 0 Å². The smallest absolute Gasteiger partial charge is 0.274 e. The molecule has 0 heterocycles. The molecule has 0 radical (unpaired) electrons. The number of carbonyl (C=O) groups excluding carboxylic acids is 1. The van der Waals surface area contributed by atoms with E-state index in [4.69, 9.17) is 4.84 Å². The van der Waals surface area contributed by atoms with E-state index in [9.17, 15) is 13.2 Å². The second-order valence-corrected chi connectivity index (χ2v) is 7.01. The Labute approximate surface area is 142 Å². The Morgan fingerprint density at radius 3 is 2.46 bits per heavy atom. The molecular formula is C17H20N2O4S. The van der Waals surface area contributed by atoms with Gasteiger partial charge in [-0.2, -0.15) is 0 Å². The lowest BCUT2D eigenvalue weighted by atomic mass is 10.1. The van der Waals surface area contributed by atoms with Crippen molar-refractivity contribution in [2.75, 3.05) is 14.2 Å². The van der Waals surface area contributed by atoms with Gasteiger partial charge < -0.3 is 0 Å². The predicted molar refractivity (Wildman–Crippen MR) is 90.7 cm³/mol. The number of sulfonamides is 1. The van der Waals surface area contributed by atoms with Crippen molar-refractivity contribution < 1.29 is 18.0 Å². The molecule has 0 unspecified atom stereocenters. The highest BCUT2D eigenvalue weighted by atomic mass is 32.2. The Balaban J connectivity index is 2.27. The molecular weight excluding hydrogens is 328 g/mol. The van der Waals surface area contributed by atoms with Crippen LogP contribution < -0.4 is 4.72 Å². The molecule has 6 nitrogen and oxygen atoms in total. The first-order valence-electron chi connectivity index (χ1n) is 7.31. The van der Waals surface area contributed by atoms with Gasteiger partial charge in [0.2, 0.25) is 10.0 Å². The number of nitrogens with zero attached hydrogens (tertiary/aromatic N) is 1. The Kier molecular flexibility index (Phi) is 5.71. The van der Waals surface area contributed by atoms with Gasteiger partial charge >= 0.3 is 0 Å². The highest BCUT2D eigenvalue weighted by Crippen LogP contribution is 2.18. The molecule has 0 aliphatic rings.